The molecule has 1 fully saturated rings. The molecule has 4 aromatic rings. The fraction of sp³-hybridized carbons (Fsp3) is 0.240. The molecule has 0 spiro atoms. The van der Waals surface area contributed by atoms with Crippen LogP contribution in [0.1, 0.15) is 25.7 Å². The zero-order chi connectivity index (χ0) is 21.3. The third kappa shape index (κ3) is 3.72. The molecule has 0 bridgehead atoms. The van der Waals surface area contributed by atoms with Crippen molar-refractivity contribution in [3.63, 3.8) is 0 Å². The Bertz CT molecular complexity index is 1300. The number of fused-ring (bicyclic) bond motifs is 1. The van der Waals surface area contributed by atoms with Gasteiger partial charge in [-0.3, -0.25) is 0 Å². The van der Waals surface area contributed by atoms with E-state index in [9.17, 15) is 8.42 Å². The number of anilines is 1. The lowest BCUT2D eigenvalue weighted by Crippen LogP contribution is -2.25. The summed E-state index contributed by atoms with van der Waals surface area (Å²) >= 11 is 0. The van der Waals surface area contributed by atoms with Crippen LogP contribution in [0.3, 0.4) is 0 Å². The standard InChI is InChI=1S/C25H24N2O3S/c28-31(29,20-13-4-3-5-14-20)24-25(27-17-8-1-2-9-18-27)30-23(26-24)22-16-10-12-19-11-6-7-15-21(19)22/h3-7,10-16H,1-2,8-9,17-18H2. The van der Waals surface area contributed by atoms with Gasteiger partial charge in [0.15, 0.2) is 0 Å². The van der Waals surface area contributed by atoms with E-state index < -0.39 is 9.84 Å². The van der Waals surface area contributed by atoms with E-state index in [-0.39, 0.29) is 9.92 Å². The summed E-state index contributed by atoms with van der Waals surface area (Å²) < 4.78 is 33.3. The van der Waals surface area contributed by atoms with Gasteiger partial charge in [0.25, 0.3) is 0 Å². The molecule has 0 radical (unpaired) electrons. The molecule has 5 nitrogen and oxygen atoms in total. The van der Waals surface area contributed by atoms with E-state index in [4.69, 9.17) is 4.42 Å². The highest BCUT2D eigenvalue weighted by atomic mass is 32.2. The average molecular weight is 433 g/mol. The minimum absolute atomic E-state index is 0.00327. The Morgan fingerprint density at radius 2 is 1.45 bits per heavy atom. The molecule has 1 saturated heterocycles. The zero-order valence-electron chi connectivity index (χ0n) is 17.2. The van der Waals surface area contributed by atoms with Gasteiger partial charge in [-0.2, -0.15) is 4.98 Å². The lowest BCUT2D eigenvalue weighted by molar-refractivity contribution is 0.544. The van der Waals surface area contributed by atoms with E-state index in [1.807, 2.05) is 47.4 Å². The van der Waals surface area contributed by atoms with Crippen LogP contribution in [0.5, 0.6) is 0 Å². The molecule has 6 heteroatoms. The third-order valence-corrected chi connectivity index (χ3v) is 7.47. The van der Waals surface area contributed by atoms with Crippen LogP contribution in [-0.2, 0) is 9.84 Å². The van der Waals surface area contributed by atoms with Crippen LogP contribution in [-0.4, -0.2) is 26.5 Å². The molecule has 0 aliphatic carbocycles. The van der Waals surface area contributed by atoms with Crippen LogP contribution in [0.2, 0.25) is 0 Å². The molecule has 2 heterocycles. The number of aromatic nitrogens is 1. The molecule has 5 rings (SSSR count). The summed E-state index contributed by atoms with van der Waals surface area (Å²) in [4.78, 5) is 6.86. The van der Waals surface area contributed by atoms with Crippen LogP contribution < -0.4 is 4.90 Å². The lowest BCUT2D eigenvalue weighted by atomic mass is 10.0. The number of hydrogen-bond acceptors (Lipinski definition) is 5. The van der Waals surface area contributed by atoms with E-state index in [1.54, 1.807) is 30.3 Å². The minimum atomic E-state index is -3.82. The van der Waals surface area contributed by atoms with Gasteiger partial charge in [0, 0.05) is 18.7 Å². The number of hydrogen-bond donors (Lipinski definition) is 0. The van der Waals surface area contributed by atoms with Gasteiger partial charge in [-0.05, 0) is 41.8 Å². The number of sulfone groups is 1. The van der Waals surface area contributed by atoms with Crippen molar-refractivity contribution in [2.75, 3.05) is 18.0 Å². The molecule has 0 amide bonds. The topological polar surface area (TPSA) is 63.4 Å². The van der Waals surface area contributed by atoms with Crippen molar-refractivity contribution in [3.05, 3.63) is 72.8 Å². The van der Waals surface area contributed by atoms with Crippen molar-refractivity contribution < 1.29 is 12.8 Å². The van der Waals surface area contributed by atoms with Crippen molar-refractivity contribution in [2.24, 2.45) is 0 Å². The van der Waals surface area contributed by atoms with Crippen molar-refractivity contribution in [3.8, 4) is 11.5 Å². The van der Waals surface area contributed by atoms with E-state index in [0.29, 0.717) is 11.8 Å². The van der Waals surface area contributed by atoms with Crippen LogP contribution in [0.15, 0.2) is 87.1 Å². The van der Waals surface area contributed by atoms with Crippen molar-refractivity contribution >= 4 is 26.5 Å². The van der Waals surface area contributed by atoms with Gasteiger partial charge >= 0.3 is 0 Å². The summed E-state index contributed by atoms with van der Waals surface area (Å²) in [7, 11) is -3.82. The molecular formula is C25H24N2O3S. The first kappa shape index (κ1) is 19.8. The number of benzene rings is 3. The maximum absolute atomic E-state index is 13.5. The third-order valence-electron chi connectivity index (χ3n) is 5.80. The second-order valence-corrected chi connectivity index (χ2v) is 9.74. The Labute approximate surface area is 182 Å². The molecule has 31 heavy (non-hydrogen) atoms. The summed E-state index contributed by atoms with van der Waals surface area (Å²) in [5, 5.41) is 2.04. The monoisotopic (exact) mass is 432 g/mol. The fourth-order valence-corrected chi connectivity index (χ4v) is 5.53. The van der Waals surface area contributed by atoms with Gasteiger partial charge in [-0.1, -0.05) is 67.4 Å². The summed E-state index contributed by atoms with van der Waals surface area (Å²) in [6, 6.07) is 22.3. The molecule has 3 aromatic carbocycles. The highest BCUT2D eigenvalue weighted by molar-refractivity contribution is 7.91. The molecule has 0 N–H and O–H groups in total. The van der Waals surface area contributed by atoms with E-state index in [1.165, 1.54) is 0 Å². The largest absolute Gasteiger partial charge is 0.419 e. The summed E-state index contributed by atoms with van der Waals surface area (Å²) in [6.45, 7) is 1.53. The summed E-state index contributed by atoms with van der Waals surface area (Å²) in [5.74, 6) is 0.694. The van der Waals surface area contributed by atoms with Crippen molar-refractivity contribution in [1.29, 1.82) is 0 Å². The SMILES string of the molecule is O=S(=O)(c1ccccc1)c1nc(-c2cccc3ccccc23)oc1N1CCCCCC1. The van der Waals surface area contributed by atoms with Gasteiger partial charge in [0.05, 0.1) is 4.90 Å². The Kier molecular flexibility index (Phi) is 5.24. The second kappa shape index (κ2) is 8.19. The van der Waals surface area contributed by atoms with E-state index in [2.05, 4.69) is 4.98 Å². The molecule has 1 aromatic heterocycles. The predicted molar refractivity (Wildman–Crippen MR) is 122 cm³/mol. The molecule has 158 valence electrons. The normalized spacial score (nSPS) is 15.2. The molecule has 0 saturated carbocycles. The quantitative estimate of drug-likeness (QED) is 0.413. The summed E-state index contributed by atoms with van der Waals surface area (Å²) in [5.41, 5.74) is 0.795. The first-order valence-corrected chi connectivity index (χ1v) is 12.2. The molecule has 0 atom stereocenters. The highest BCUT2D eigenvalue weighted by Gasteiger charge is 2.31. The Hall–Kier alpha value is -3.12. The fourth-order valence-electron chi connectivity index (χ4n) is 4.19. The lowest BCUT2D eigenvalue weighted by Gasteiger charge is -2.20. The molecule has 1 aliphatic rings. The smallest absolute Gasteiger partial charge is 0.236 e. The van der Waals surface area contributed by atoms with Crippen LogP contribution in [0.4, 0.5) is 5.88 Å². The maximum Gasteiger partial charge on any atom is 0.236 e. The van der Waals surface area contributed by atoms with E-state index in [0.717, 1.165) is 55.1 Å². The molecular weight excluding hydrogens is 408 g/mol. The first-order valence-electron chi connectivity index (χ1n) is 10.7. The van der Waals surface area contributed by atoms with Gasteiger partial charge in [-0.25, -0.2) is 8.42 Å². The predicted octanol–water partition coefficient (Wildman–Crippen LogP) is 5.71. The zero-order valence-corrected chi connectivity index (χ0v) is 18.0. The van der Waals surface area contributed by atoms with Crippen molar-refractivity contribution in [1.82, 2.24) is 4.98 Å². The number of nitrogens with zero attached hydrogens (tertiary/aromatic N) is 2. The maximum atomic E-state index is 13.5. The molecule has 1 aliphatic heterocycles. The van der Waals surface area contributed by atoms with Crippen LogP contribution in [0.25, 0.3) is 22.2 Å². The van der Waals surface area contributed by atoms with Gasteiger partial charge in [0.1, 0.15) is 0 Å². The number of oxazole rings is 1. The Balaban J connectivity index is 1.70. The average Bonchev–Trinajstić information content (AvgIpc) is 3.08. The van der Waals surface area contributed by atoms with Gasteiger partial charge in [-0.15, -0.1) is 0 Å². The number of rotatable bonds is 4. The minimum Gasteiger partial charge on any atom is -0.419 e. The second-order valence-electron chi connectivity index (χ2n) is 7.87. The summed E-state index contributed by atoms with van der Waals surface area (Å²) in [6.07, 6.45) is 4.30. The Morgan fingerprint density at radius 1 is 0.774 bits per heavy atom. The highest BCUT2D eigenvalue weighted by Crippen LogP contribution is 2.37. The van der Waals surface area contributed by atoms with Gasteiger partial charge < -0.3 is 9.32 Å². The van der Waals surface area contributed by atoms with Crippen LogP contribution >= 0.6 is 0 Å². The first-order chi connectivity index (χ1) is 15.1. The Morgan fingerprint density at radius 3 is 2.23 bits per heavy atom. The van der Waals surface area contributed by atoms with E-state index >= 15 is 0 Å². The molecule has 0 unspecified atom stereocenters. The van der Waals surface area contributed by atoms with Crippen molar-refractivity contribution in [2.45, 2.75) is 35.6 Å². The van der Waals surface area contributed by atoms with Gasteiger partial charge in [0.2, 0.25) is 26.6 Å². The van der Waals surface area contributed by atoms with Crippen LogP contribution in [0, 0.1) is 0 Å².